The summed E-state index contributed by atoms with van der Waals surface area (Å²) in [5.74, 6) is -0.934. The van der Waals surface area contributed by atoms with E-state index >= 15 is 0 Å². The molecule has 1 aliphatic heterocycles. The molecule has 1 aliphatic carbocycles. The van der Waals surface area contributed by atoms with Crippen LogP contribution in [-0.4, -0.2) is 0 Å². The third-order valence-electron chi connectivity index (χ3n) is 7.85. The standard InChI is InChI=1S/C29H25F3O/c1-17-18(2)28(3)26(20-7-13-23(31)14-8-20)33-27(21-9-15-24(32)16-10-21)29(28,4)25(17)19-5-11-22(30)12-6-19/h5-16,26-27H,2H2,1,3-4H3/t26?,27?,28-,29+/m0/s1. The van der Waals surface area contributed by atoms with E-state index in [-0.39, 0.29) is 17.5 Å². The van der Waals surface area contributed by atoms with E-state index in [0.717, 1.165) is 33.4 Å². The largest absolute Gasteiger partial charge is 0.364 e. The van der Waals surface area contributed by atoms with Crippen molar-refractivity contribution in [3.05, 3.63) is 125 Å². The third-order valence-corrected chi connectivity index (χ3v) is 7.85. The van der Waals surface area contributed by atoms with Gasteiger partial charge in [-0.05, 0) is 76.7 Å². The fourth-order valence-electron chi connectivity index (χ4n) is 5.98. The van der Waals surface area contributed by atoms with Crippen molar-refractivity contribution in [2.75, 3.05) is 0 Å². The van der Waals surface area contributed by atoms with Crippen LogP contribution in [0.2, 0.25) is 0 Å². The van der Waals surface area contributed by atoms with Crippen molar-refractivity contribution in [1.29, 1.82) is 0 Å². The zero-order valence-electron chi connectivity index (χ0n) is 18.8. The summed E-state index contributed by atoms with van der Waals surface area (Å²) in [6, 6.07) is 19.2. The molecule has 0 N–H and O–H groups in total. The predicted molar refractivity (Wildman–Crippen MR) is 124 cm³/mol. The second-order valence-corrected chi connectivity index (χ2v) is 9.39. The predicted octanol–water partition coefficient (Wildman–Crippen LogP) is 7.97. The zero-order valence-corrected chi connectivity index (χ0v) is 18.8. The van der Waals surface area contributed by atoms with Crippen LogP contribution in [0, 0.1) is 28.3 Å². The molecular weight excluding hydrogens is 421 g/mol. The van der Waals surface area contributed by atoms with E-state index in [0.29, 0.717) is 0 Å². The van der Waals surface area contributed by atoms with E-state index in [1.54, 1.807) is 36.4 Å². The molecule has 0 radical (unpaired) electrons. The monoisotopic (exact) mass is 446 g/mol. The average Bonchev–Trinajstić information content (AvgIpc) is 3.12. The molecule has 0 amide bonds. The summed E-state index contributed by atoms with van der Waals surface area (Å²) in [4.78, 5) is 0. The first-order valence-electron chi connectivity index (χ1n) is 11.0. The van der Waals surface area contributed by atoms with Crippen molar-refractivity contribution < 1.29 is 17.9 Å². The lowest BCUT2D eigenvalue weighted by atomic mass is 9.58. The maximum Gasteiger partial charge on any atom is 0.123 e. The Bertz CT molecular complexity index is 1260. The number of benzene rings is 3. The van der Waals surface area contributed by atoms with Gasteiger partial charge in [-0.15, -0.1) is 0 Å². The summed E-state index contributed by atoms with van der Waals surface area (Å²) in [7, 11) is 0. The van der Waals surface area contributed by atoms with Gasteiger partial charge in [0.25, 0.3) is 0 Å². The quantitative estimate of drug-likeness (QED) is 0.396. The fourth-order valence-corrected chi connectivity index (χ4v) is 5.98. The fraction of sp³-hybridized carbons (Fsp3) is 0.241. The number of hydrogen-bond acceptors (Lipinski definition) is 1. The Kier molecular flexibility index (Phi) is 4.91. The molecule has 4 atom stereocenters. The minimum atomic E-state index is -0.594. The van der Waals surface area contributed by atoms with Crippen LogP contribution < -0.4 is 0 Å². The first kappa shape index (κ1) is 21.7. The molecule has 4 heteroatoms. The lowest BCUT2D eigenvalue weighted by Crippen LogP contribution is -2.36. The van der Waals surface area contributed by atoms with Crippen molar-refractivity contribution in [3.63, 3.8) is 0 Å². The second kappa shape index (κ2) is 7.46. The first-order valence-corrected chi connectivity index (χ1v) is 11.0. The Labute approximate surface area is 192 Å². The van der Waals surface area contributed by atoms with Crippen molar-refractivity contribution in [1.82, 2.24) is 0 Å². The maximum absolute atomic E-state index is 13.8. The number of rotatable bonds is 3. The van der Waals surface area contributed by atoms with Gasteiger partial charge in [-0.1, -0.05) is 56.8 Å². The first-order chi connectivity index (χ1) is 15.7. The summed E-state index contributed by atoms with van der Waals surface area (Å²) in [5, 5.41) is 0. The highest BCUT2D eigenvalue weighted by molar-refractivity contribution is 5.83. The van der Waals surface area contributed by atoms with Crippen LogP contribution in [0.3, 0.4) is 0 Å². The van der Waals surface area contributed by atoms with Gasteiger partial charge in [0, 0.05) is 10.8 Å². The Morgan fingerprint density at radius 2 is 1.06 bits per heavy atom. The number of allylic oxidation sites excluding steroid dienone is 1. The summed E-state index contributed by atoms with van der Waals surface area (Å²) in [5.41, 5.74) is 4.43. The number of fused-ring (bicyclic) bond motifs is 1. The van der Waals surface area contributed by atoms with Gasteiger partial charge >= 0.3 is 0 Å². The minimum absolute atomic E-state index is 0.302. The van der Waals surface area contributed by atoms with Crippen molar-refractivity contribution in [2.24, 2.45) is 10.8 Å². The van der Waals surface area contributed by atoms with Crippen LogP contribution in [0.15, 0.2) is 90.5 Å². The topological polar surface area (TPSA) is 9.23 Å². The van der Waals surface area contributed by atoms with Gasteiger partial charge in [0.2, 0.25) is 0 Å². The molecule has 2 aliphatic rings. The van der Waals surface area contributed by atoms with Crippen LogP contribution in [0.4, 0.5) is 13.2 Å². The second-order valence-electron chi connectivity index (χ2n) is 9.39. The van der Waals surface area contributed by atoms with Crippen LogP contribution in [-0.2, 0) is 4.74 Å². The van der Waals surface area contributed by atoms with Crippen molar-refractivity contribution in [3.8, 4) is 0 Å². The van der Waals surface area contributed by atoms with E-state index in [9.17, 15) is 13.2 Å². The molecule has 1 saturated heterocycles. The molecule has 1 fully saturated rings. The van der Waals surface area contributed by atoms with Gasteiger partial charge in [0.1, 0.15) is 17.5 Å². The smallest absolute Gasteiger partial charge is 0.123 e. The van der Waals surface area contributed by atoms with Gasteiger partial charge in [0.05, 0.1) is 12.2 Å². The molecule has 0 aromatic heterocycles. The summed E-state index contributed by atoms with van der Waals surface area (Å²) < 4.78 is 48.0. The molecule has 0 bridgehead atoms. The Morgan fingerprint density at radius 1 is 0.667 bits per heavy atom. The van der Waals surface area contributed by atoms with Gasteiger partial charge < -0.3 is 4.74 Å². The van der Waals surface area contributed by atoms with Gasteiger partial charge in [-0.25, -0.2) is 13.2 Å². The molecule has 5 rings (SSSR count). The van der Waals surface area contributed by atoms with Crippen LogP contribution in [0.1, 0.15) is 49.7 Å². The van der Waals surface area contributed by atoms with E-state index in [2.05, 4.69) is 20.4 Å². The molecule has 1 nitrogen and oxygen atoms in total. The number of hydrogen-bond donors (Lipinski definition) is 0. The summed E-state index contributed by atoms with van der Waals surface area (Å²) in [6.45, 7) is 10.8. The number of halogens is 3. The average molecular weight is 447 g/mol. The SMILES string of the molecule is C=C1C(C)=C(c2ccc(F)cc2)[C@]2(C)C(c3ccc(F)cc3)OC(c3ccc(F)cc3)[C@]12C. The van der Waals surface area contributed by atoms with Crippen LogP contribution in [0.25, 0.3) is 5.57 Å². The highest BCUT2D eigenvalue weighted by Crippen LogP contribution is 2.76. The van der Waals surface area contributed by atoms with Crippen molar-refractivity contribution in [2.45, 2.75) is 33.0 Å². The lowest BCUT2D eigenvalue weighted by Gasteiger charge is -2.41. The van der Waals surface area contributed by atoms with E-state index in [4.69, 9.17) is 4.74 Å². The Balaban J connectivity index is 1.75. The molecule has 168 valence electrons. The molecule has 33 heavy (non-hydrogen) atoms. The summed E-state index contributed by atoms with van der Waals surface area (Å²) >= 11 is 0. The molecule has 0 spiro atoms. The third kappa shape index (κ3) is 2.97. The van der Waals surface area contributed by atoms with E-state index < -0.39 is 23.0 Å². The van der Waals surface area contributed by atoms with Gasteiger partial charge in [-0.3, -0.25) is 0 Å². The Hall–Kier alpha value is -3.11. The molecule has 2 unspecified atom stereocenters. The van der Waals surface area contributed by atoms with Crippen LogP contribution >= 0.6 is 0 Å². The highest BCUT2D eigenvalue weighted by atomic mass is 19.1. The van der Waals surface area contributed by atoms with E-state index in [1.165, 1.54) is 36.4 Å². The van der Waals surface area contributed by atoms with E-state index in [1.807, 2.05) is 6.92 Å². The molecule has 1 heterocycles. The molecular formula is C29H25F3O. The molecule has 3 aromatic carbocycles. The lowest BCUT2D eigenvalue weighted by molar-refractivity contribution is 0.0159. The molecule has 0 saturated carbocycles. The maximum atomic E-state index is 13.8. The van der Waals surface area contributed by atoms with Crippen LogP contribution in [0.5, 0.6) is 0 Å². The van der Waals surface area contributed by atoms with Crippen molar-refractivity contribution >= 4 is 5.57 Å². The Morgan fingerprint density at radius 3 is 1.52 bits per heavy atom. The minimum Gasteiger partial charge on any atom is -0.364 e. The van der Waals surface area contributed by atoms with Gasteiger partial charge in [-0.2, -0.15) is 0 Å². The van der Waals surface area contributed by atoms with Gasteiger partial charge in [0.15, 0.2) is 0 Å². The molecule has 3 aromatic rings. The highest BCUT2D eigenvalue weighted by Gasteiger charge is 2.68. The summed E-state index contributed by atoms with van der Waals surface area (Å²) in [6.07, 6.45) is -0.828. The number of ether oxygens (including phenoxy) is 1. The zero-order chi connectivity index (χ0) is 23.5. The normalized spacial score (nSPS) is 29.0.